The van der Waals surface area contributed by atoms with Gasteiger partial charge in [-0.25, -0.2) is 0 Å². The number of hydrogen-bond donors (Lipinski definition) is 2. The van der Waals surface area contributed by atoms with Gasteiger partial charge in [0, 0.05) is 12.6 Å². The molecule has 0 saturated carbocycles. The van der Waals surface area contributed by atoms with Crippen molar-refractivity contribution in [2.24, 2.45) is 0 Å². The van der Waals surface area contributed by atoms with Gasteiger partial charge in [-0.05, 0) is 38.3 Å². The molecule has 0 aliphatic carbocycles. The molecular formula is C12H18N2O3. The van der Waals surface area contributed by atoms with Gasteiger partial charge in [0.15, 0.2) is 0 Å². The maximum atomic E-state index is 10.8. The number of anilines is 1. The zero-order valence-corrected chi connectivity index (χ0v) is 10.1. The predicted molar refractivity (Wildman–Crippen MR) is 67.2 cm³/mol. The lowest BCUT2D eigenvalue weighted by atomic mass is 10.2. The molecule has 0 aliphatic rings. The van der Waals surface area contributed by atoms with E-state index in [1.807, 2.05) is 13.0 Å². The normalized spacial score (nSPS) is 12.2. The van der Waals surface area contributed by atoms with Crippen LogP contribution in [0, 0.1) is 17.0 Å². The molecule has 0 aromatic heterocycles. The second-order valence-corrected chi connectivity index (χ2v) is 4.20. The number of nitro groups is 1. The topological polar surface area (TPSA) is 75.4 Å². The Morgan fingerprint density at radius 3 is 2.82 bits per heavy atom. The zero-order valence-electron chi connectivity index (χ0n) is 10.1. The number of nitro benzene ring substituents is 1. The van der Waals surface area contributed by atoms with Gasteiger partial charge in [-0.1, -0.05) is 6.07 Å². The molecule has 94 valence electrons. The van der Waals surface area contributed by atoms with E-state index in [4.69, 9.17) is 5.11 Å². The number of benzene rings is 1. The summed E-state index contributed by atoms with van der Waals surface area (Å²) in [5.74, 6) is 0. The first-order valence-corrected chi connectivity index (χ1v) is 5.67. The minimum absolute atomic E-state index is 0.0991. The summed E-state index contributed by atoms with van der Waals surface area (Å²) in [6, 6.07) is 5.11. The molecule has 1 atom stereocenters. The van der Waals surface area contributed by atoms with E-state index in [1.54, 1.807) is 19.1 Å². The van der Waals surface area contributed by atoms with Crippen LogP contribution in [0.4, 0.5) is 11.4 Å². The third-order valence-corrected chi connectivity index (χ3v) is 2.46. The Morgan fingerprint density at radius 2 is 2.24 bits per heavy atom. The maximum absolute atomic E-state index is 10.8. The van der Waals surface area contributed by atoms with E-state index in [9.17, 15) is 10.1 Å². The van der Waals surface area contributed by atoms with E-state index in [0.29, 0.717) is 18.7 Å². The van der Waals surface area contributed by atoms with Crippen molar-refractivity contribution >= 4 is 11.4 Å². The molecule has 0 spiro atoms. The zero-order chi connectivity index (χ0) is 12.8. The highest BCUT2D eigenvalue weighted by molar-refractivity contribution is 5.62. The van der Waals surface area contributed by atoms with Gasteiger partial charge in [-0.15, -0.1) is 0 Å². The van der Waals surface area contributed by atoms with Crippen molar-refractivity contribution < 1.29 is 10.0 Å². The van der Waals surface area contributed by atoms with Crippen LogP contribution in [0.15, 0.2) is 18.2 Å². The van der Waals surface area contributed by atoms with Crippen molar-refractivity contribution in [2.75, 3.05) is 11.9 Å². The molecular weight excluding hydrogens is 220 g/mol. The number of nitrogens with zero attached hydrogens (tertiary/aromatic N) is 1. The lowest BCUT2D eigenvalue weighted by molar-refractivity contribution is -0.384. The van der Waals surface area contributed by atoms with Gasteiger partial charge < -0.3 is 10.4 Å². The van der Waals surface area contributed by atoms with Crippen molar-refractivity contribution in [1.82, 2.24) is 0 Å². The van der Waals surface area contributed by atoms with Crippen LogP contribution in [0.2, 0.25) is 0 Å². The van der Waals surface area contributed by atoms with Crippen LogP contribution in [0.25, 0.3) is 0 Å². The lowest BCUT2D eigenvalue weighted by Crippen LogP contribution is -2.07. The Kier molecular flexibility index (Phi) is 4.90. The van der Waals surface area contributed by atoms with E-state index in [2.05, 4.69) is 5.32 Å². The van der Waals surface area contributed by atoms with E-state index in [-0.39, 0.29) is 16.7 Å². The quantitative estimate of drug-likeness (QED) is 0.453. The van der Waals surface area contributed by atoms with Crippen molar-refractivity contribution in [3.05, 3.63) is 33.9 Å². The fourth-order valence-corrected chi connectivity index (χ4v) is 1.56. The summed E-state index contributed by atoms with van der Waals surface area (Å²) < 4.78 is 0. The monoisotopic (exact) mass is 238 g/mol. The molecule has 0 heterocycles. The Hall–Kier alpha value is -1.62. The molecule has 1 unspecified atom stereocenters. The second kappa shape index (κ2) is 6.20. The number of aryl methyl sites for hydroxylation is 1. The summed E-state index contributed by atoms with van der Waals surface area (Å²) in [6.07, 6.45) is 1.14. The maximum Gasteiger partial charge on any atom is 0.292 e. The summed E-state index contributed by atoms with van der Waals surface area (Å²) in [7, 11) is 0. The predicted octanol–water partition coefficient (Wildman–Crippen LogP) is 2.48. The average molecular weight is 238 g/mol. The standard InChI is InChI=1S/C12H18N2O3/c1-9-5-6-11(12(8-9)14(16)17)13-7-3-4-10(2)15/h5-6,8,10,13,15H,3-4,7H2,1-2H3. The van der Waals surface area contributed by atoms with Gasteiger partial charge >= 0.3 is 0 Å². The van der Waals surface area contributed by atoms with Crippen LogP contribution >= 0.6 is 0 Å². The first kappa shape index (κ1) is 13.4. The van der Waals surface area contributed by atoms with Crippen molar-refractivity contribution in [2.45, 2.75) is 32.8 Å². The highest BCUT2D eigenvalue weighted by Gasteiger charge is 2.12. The second-order valence-electron chi connectivity index (χ2n) is 4.20. The highest BCUT2D eigenvalue weighted by Crippen LogP contribution is 2.25. The fourth-order valence-electron chi connectivity index (χ4n) is 1.56. The van der Waals surface area contributed by atoms with Gasteiger partial charge in [0.25, 0.3) is 5.69 Å². The largest absolute Gasteiger partial charge is 0.393 e. The Morgan fingerprint density at radius 1 is 1.53 bits per heavy atom. The molecule has 0 saturated heterocycles. The first-order valence-electron chi connectivity index (χ1n) is 5.67. The van der Waals surface area contributed by atoms with Crippen molar-refractivity contribution in [3.8, 4) is 0 Å². The fraction of sp³-hybridized carbons (Fsp3) is 0.500. The van der Waals surface area contributed by atoms with Crippen molar-refractivity contribution in [3.63, 3.8) is 0 Å². The Balaban J connectivity index is 2.61. The van der Waals surface area contributed by atoms with Crippen LogP contribution in [-0.4, -0.2) is 22.7 Å². The average Bonchev–Trinajstić information content (AvgIpc) is 2.25. The molecule has 0 fully saturated rings. The van der Waals surface area contributed by atoms with Gasteiger partial charge in [-0.3, -0.25) is 10.1 Å². The Bertz CT molecular complexity index is 391. The lowest BCUT2D eigenvalue weighted by Gasteiger charge is -2.08. The minimum Gasteiger partial charge on any atom is -0.393 e. The molecule has 1 rings (SSSR count). The number of nitrogens with one attached hydrogen (secondary N) is 1. The van der Waals surface area contributed by atoms with Crippen LogP contribution in [0.5, 0.6) is 0 Å². The van der Waals surface area contributed by atoms with Crippen LogP contribution in [0.3, 0.4) is 0 Å². The summed E-state index contributed by atoms with van der Waals surface area (Å²) in [5.41, 5.74) is 1.50. The summed E-state index contributed by atoms with van der Waals surface area (Å²) in [5, 5.41) is 23.0. The SMILES string of the molecule is Cc1ccc(NCCCC(C)O)c([N+](=O)[O-])c1. The molecule has 5 heteroatoms. The molecule has 0 bridgehead atoms. The summed E-state index contributed by atoms with van der Waals surface area (Å²) in [6.45, 7) is 4.17. The van der Waals surface area contributed by atoms with Crippen LogP contribution in [-0.2, 0) is 0 Å². The third kappa shape index (κ3) is 4.40. The molecule has 2 N–H and O–H groups in total. The Labute approximate surface area is 101 Å². The first-order chi connectivity index (χ1) is 8.00. The number of aliphatic hydroxyl groups excluding tert-OH is 1. The smallest absolute Gasteiger partial charge is 0.292 e. The minimum atomic E-state index is -0.385. The third-order valence-electron chi connectivity index (χ3n) is 2.46. The number of rotatable bonds is 6. The highest BCUT2D eigenvalue weighted by atomic mass is 16.6. The van der Waals surface area contributed by atoms with Gasteiger partial charge in [0.2, 0.25) is 0 Å². The van der Waals surface area contributed by atoms with Gasteiger partial charge in [0.1, 0.15) is 5.69 Å². The molecule has 0 amide bonds. The number of hydrogen-bond acceptors (Lipinski definition) is 4. The molecule has 1 aromatic carbocycles. The van der Waals surface area contributed by atoms with E-state index >= 15 is 0 Å². The van der Waals surface area contributed by atoms with Crippen molar-refractivity contribution in [1.29, 1.82) is 0 Å². The summed E-state index contributed by atoms with van der Waals surface area (Å²) in [4.78, 5) is 10.5. The molecule has 1 aromatic rings. The van der Waals surface area contributed by atoms with Gasteiger partial charge in [0.05, 0.1) is 11.0 Å². The van der Waals surface area contributed by atoms with Gasteiger partial charge in [-0.2, -0.15) is 0 Å². The molecule has 5 nitrogen and oxygen atoms in total. The molecule has 0 radical (unpaired) electrons. The molecule has 17 heavy (non-hydrogen) atoms. The summed E-state index contributed by atoms with van der Waals surface area (Å²) >= 11 is 0. The van der Waals surface area contributed by atoms with Crippen LogP contribution in [0.1, 0.15) is 25.3 Å². The van der Waals surface area contributed by atoms with E-state index < -0.39 is 0 Å². The molecule has 0 aliphatic heterocycles. The van der Waals surface area contributed by atoms with E-state index in [1.165, 1.54) is 0 Å². The van der Waals surface area contributed by atoms with E-state index in [0.717, 1.165) is 12.0 Å². The van der Waals surface area contributed by atoms with Crippen LogP contribution < -0.4 is 5.32 Å². The number of aliphatic hydroxyl groups is 1.